The molecule has 0 saturated carbocycles. The Morgan fingerprint density at radius 2 is 1.90 bits per heavy atom. The van der Waals surface area contributed by atoms with Crippen LogP contribution in [0.5, 0.6) is 17.4 Å². The minimum atomic E-state index is -0.130. The molecule has 0 spiro atoms. The van der Waals surface area contributed by atoms with Gasteiger partial charge in [-0.1, -0.05) is 12.1 Å². The Hall–Kier alpha value is -3.52. The molecule has 0 radical (unpaired) electrons. The maximum atomic E-state index is 12.8. The lowest BCUT2D eigenvalue weighted by atomic mass is 10.1. The van der Waals surface area contributed by atoms with E-state index in [9.17, 15) is 4.79 Å². The summed E-state index contributed by atoms with van der Waals surface area (Å²) in [5.41, 5.74) is 2.68. The van der Waals surface area contributed by atoms with E-state index in [2.05, 4.69) is 20.3 Å². The van der Waals surface area contributed by atoms with Crippen LogP contribution in [0.3, 0.4) is 0 Å². The van der Waals surface area contributed by atoms with Crippen molar-refractivity contribution >= 4 is 27.5 Å². The number of hydrogen-bond acceptors (Lipinski definition) is 7. The molecule has 0 aliphatic carbocycles. The van der Waals surface area contributed by atoms with Gasteiger partial charge in [-0.2, -0.15) is 0 Å². The van der Waals surface area contributed by atoms with Gasteiger partial charge in [0.15, 0.2) is 0 Å². The first kappa shape index (κ1) is 20.7. The number of aromatic nitrogens is 3. The predicted molar refractivity (Wildman–Crippen MR) is 120 cm³/mol. The lowest BCUT2D eigenvalue weighted by molar-refractivity contribution is 0.0954. The highest BCUT2D eigenvalue weighted by Gasteiger charge is 2.18. The molecule has 3 aromatic heterocycles. The van der Waals surface area contributed by atoms with Gasteiger partial charge in [-0.05, 0) is 44.0 Å². The van der Waals surface area contributed by atoms with Gasteiger partial charge in [0, 0.05) is 36.0 Å². The number of aryl methyl sites for hydroxylation is 3. The van der Waals surface area contributed by atoms with E-state index in [-0.39, 0.29) is 5.91 Å². The highest BCUT2D eigenvalue weighted by Crippen LogP contribution is 2.31. The summed E-state index contributed by atoms with van der Waals surface area (Å²) in [5.74, 6) is 2.40. The first-order chi connectivity index (χ1) is 14.9. The van der Waals surface area contributed by atoms with E-state index >= 15 is 0 Å². The normalized spacial score (nSPS) is 10.8. The fraction of sp³-hybridized carbons (Fsp3) is 0.217. The fourth-order valence-electron chi connectivity index (χ4n) is 3.31. The van der Waals surface area contributed by atoms with Crippen molar-refractivity contribution in [1.29, 1.82) is 0 Å². The van der Waals surface area contributed by atoms with Crippen LogP contribution in [0.2, 0.25) is 0 Å². The van der Waals surface area contributed by atoms with E-state index in [1.54, 1.807) is 25.4 Å². The minimum Gasteiger partial charge on any atom is -0.497 e. The van der Waals surface area contributed by atoms with E-state index in [0.29, 0.717) is 34.6 Å². The fourth-order valence-corrected chi connectivity index (χ4v) is 4.51. The number of nitrogens with one attached hydrogen (secondary N) is 1. The number of ether oxygens (including phenoxy) is 2. The molecule has 1 N–H and O–H groups in total. The monoisotopic (exact) mass is 434 g/mol. The molecule has 7 nitrogen and oxygen atoms in total. The highest BCUT2D eigenvalue weighted by atomic mass is 32.1. The predicted octanol–water partition coefficient (Wildman–Crippen LogP) is 4.74. The minimum absolute atomic E-state index is 0.130. The number of amides is 1. The first-order valence-electron chi connectivity index (χ1n) is 9.74. The van der Waals surface area contributed by atoms with Crippen molar-refractivity contribution in [1.82, 2.24) is 20.3 Å². The molecule has 0 atom stereocenters. The third-order valence-electron chi connectivity index (χ3n) is 4.80. The maximum absolute atomic E-state index is 12.8. The van der Waals surface area contributed by atoms with Crippen LogP contribution < -0.4 is 14.8 Å². The molecule has 31 heavy (non-hydrogen) atoms. The van der Waals surface area contributed by atoms with E-state index in [1.807, 2.05) is 45.0 Å². The van der Waals surface area contributed by atoms with Gasteiger partial charge in [0.2, 0.25) is 5.88 Å². The summed E-state index contributed by atoms with van der Waals surface area (Å²) in [6, 6.07) is 11.0. The van der Waals surface area contributed by atoms with E-state index in [0.717, 1.165) is 27.0 Å². The maximum Gasteiger partial charge on any atom is 0.261 e. The number of benzene rings is 1. The summed E-state index contributed by atoms with van der Waals surface area (Å²) in [5, 5.41) is 3.92. The van der Waals surface area contributed by atoms with Crippen molar-refractivity contribution in [3.8, 4) is 17.4 Å². The highest BCUT2D eigenvalue weighted by molar-refractivity contribution is 7.20. The van der Waals surface area contributed by atoms with Gasteiger partial charge in [0.1, 0.15) is 22.2 Å². The third-order valence-corrected chi connectivity index (χ3v) is 5.99. The topological polar surface area (TPSA) is 86.2 Å². The van der Waals surface area contributed by atoms with Gasteiger partial charge >= 0.3 is 0 Å². The van der Waals surface area contributed by atoms with Gasteiger partial charge in [0.05, 0.1) is 12.0 Å². The van der Waals surface area contributed by atoms with Gasteiger partial charge in [-0.25, -0.2) is 15.0 Å². The zero-order valence-corrected chi connectivity index (χ0v) is 18.5. The zero-order valence-electron chi connectivity index (χ0n) is 17.7. The number of hydrogen-bond donors (Lipinski definition) is 1. The van der Waals surface area contributed by atoms with E-state index < -0.39 is 0 Å². The van der Waals surface area contributed by atoms with Crippen LogP contribution in [0.15, 0.2) is 42.6 Å². The Balaban J connectivity index is 1.42. The SMILES string of the molecule is COc1cccc(Oc2ccc(CNC(=O)c3sc4nc(C)nc(C)c4c3C)cn2)c1. The molecule has 1 amide bonds. The number of fused-ring (bicyclic) bond motifs is 1. The van der Waals surface area contributed by atoms with Crippen molar-refractivity contribution in [2.75, 3.05) is 7.11 Å². The quantitative estimate of drug-likeness (QED) is 0.472. The van der Waals surface area contributed by atoms with Gasteiger partial charge < -0.3 is 14.8 Å². The van der Waals surface area contributed by atoms with Crippen LogP contribution in [0.25, 0.3) is 10.2 Å². The summed E-state index contributed by atoms with van der Waals surface area (Å²) in [6.45, 7) is 6.10. The zero-order chi connectivity index (χ0) is 22.0. The number of nitrogens with zero attached hydrogens (tertiary/aromatic N) is 3. The molecule has 158 valence electrons. The Bertz CT molecular complexity index is 1250. The molecule has 3 heterocycles. The van der Waals surface area contributed by atoms with E-state index in [1.165, 1.54) is 11.3 Å². The molecule has 0 unspecified atom stereocenters. The average Bonchev–Trinajstić information content (AvgIpc) is 3.09. The molecule has 0 aliphatic rings. The van der Waals surface area contributed by atoms with Crippen LogP contribution in [0.1, 0.15) is 32.3 Å². The number of carbonyl (C=O) groups is 1. The molecule has 0 fully saturated rings. The number of carbonyl (C=O) groups excluding carboxylic acids is 1. The number of methoxy groups -OCH3 is 1. The lowest BCUT2D eigenvalue weighted by Crippen LogP contribution is -2.22. The van der Waals surface area contributed by atoms with Crippen LogP contribution in [0.4, 0.5) is 0 Å². The van der Waals surface area contributed by atoms with Crippen molar-refractivity contribution in [2.45, 2.75) is 27.3 Å². The Labute approximate surface area is 184 Å². The Morgan fingerprint density at radius 1 is 1.10 bits per heavy atom. The second kappa shape index (κ2) is 8.69. The number of rotatable bonds is 6. The van der Waals surface area contributed by atoms with Crippen LogP contribution in [0, 0.1) is 20.8 Å². The summed E-state index contributed by atoms with van der Waals surface area (Å²) in [4.78, 5) is 27.5. The summed E-state index contributed by atoms with van der Waals surface area (Å²) in [7, 11) is 1.61. The first-order valence-corrected chi connectivity index (χ1v) is 10.6. The van der Waals surface area contributed by atoms with E-state index in [4.69, 9.17) is 9.47 Å². The molecule has 4 rings (SSSR count). The van der Waals surface area contributed by atoms with Gasteiger partial charge in [-0.3, -0.25) is 4.79 Å². The van der Waals surface area contributed by atoms with Crippen LogP contribution >= 0.6 is 11.3 Å². The molecule has 4 aromatic rings. The van der Waals surface area contributed by atoms with Crippen molar-refractivity contribution in [3.05, 3.63) is 70.1 Å². The summed E-state index contributed by atoms with van der Waals surface area (Å²) >= 11 is 1.39. The second-order valence-electron chi connectivity index (χ2n) is 7.06. The molecule has 0 saturated heterocycles. The largest absolute Gasteiger partial charge is 0.497 e. The number of thiophene rings is 1. The Kier molecular flexibility index (Phi) is 5.81. The van der Waals surface area contributed by atoms with Crippen molar-refractivity contribution in [2.24, 2.45) is 0 Å². The molecule has 1 aromatic carbocycles. The smallest absolute Gasteiger partial charge is 0.261 e. The van der Waals surface area contributed by atoms with Gasteiger partial charge in [0.25, 0.3) is 5.91 Å². The standard InChI is InChI=1S/C23H22N4O3S/c1-13-20-14(2)26-15(3)27-23(20)31-21(13)22(28)25-12-16-8-9-19(24-11-16)30-18-7-5-6-17(10-18)29-4/h5-11H,12H2,1-4H3,(H,25,28). The molecule has 8 heteroatoms. The lowest BCUT2D eigenvalue weighted by Gasteiger charge is -2.08. The van der Waals surface area contributed by atoms with Gasteiger partial charge in [-0.15, -0.1) is 11.3 Å². The third kappa shape index (κ3) is 4.49. The molecule has 0 bridgehead atoms. The summed E-state index contributed by atoms with van der Waals surface area (Å²) in [6.07, 6.45) is 1.69. The van der Waals surface area contributed by atoms with Crippen molar-refractivity contribution in [3.63, 3.8) is 0 Å². The molecular weight excluding hydrogens is 412 g/mol. The van der Waals surface area contributed by atoms with Crippen molar-refractivity contribution < 1.29 is 14.3 Å². The average molecular weight is 435 g/mol. The van der Waals surface area contributed by atoms with Crippen LogP contribution in [-0.2, 0) is 6.54 Å². The molecular formula is C23H22N4O3S. The number of pyridine rings is 1. The molecule has 0 aliphatic heterocycles. The summed E-state index contributed by atoms with van der Waals surface area (Å²) < 4.78 is 10.9. The van der Waals surface area contributed by atoms with Crippen LogP contribution in [-0.4, -0.2) is 28.0 Å². The second-order valence-corrected chi connectivity index (χ2v) is 8.06. The Morgan fingerprint density at radius 3 is 2.65 bits per heavy atom.